The molecule has 9 rings (SSSR count). The molecule has 4 amide bonds. The lowest BCUT2D eigenvalue weighted by Crippen LogP contribution is -2.40. The minimum atomic E-state index is -0.516. The number of amides is 4. The number of hydrogen-bond acceptors (Lipinski definition) is 4. The molecule has 0 unspecified atom stereocenters. The van der Waals surface area contributed by atoms with Crippen molar-refractivity contribution < 1.29 is 19.2 Å². The summed E-state index contributed by atoms with van der Waals surface area (Å²) in [5, 5.41) is 4.29. The van der Waals surface area contributed by atoms with Crippen LogP contribution >= 0.6 is 46.4 Å². The second-order valence-corrected chi connectivity index (χ2v) is 21.3. The fourth-order valence-electron chi connectivity index (χ4n) is 11.2. The second kappa shape index (κ2) is 22.4. The van der Waals surface area contributed by atoms with Gasteiger partial charge in [0.25, 0.3) is 23.6 Å². The summed E-state index contributed by atoms with van der Waals surface area (Å²) in [6.45, 7) is 4.50. The first kappa shape index (κ1) is 50.2. The molecule has 10 heteroatoms. The fraction of sp³-hybridized carbons (Fsp3) is 0.400. The molecule has 70 heavy (non-hydrogen) atoms. The fourth-order valence-corrected chi connectivity index (χ4v) is 12.4. The molecule has 0 spiro atoms. The SMILES string of the molecule is CCCCCCCCCCCCc1ccc(N2C(=O)c3cc(Cl)c4c5c(Cl)cc6c7c(cc(Cl)c(c8c(Cl)cc(c3c48)C2=O)c75)C(=O)N(c2ccc(CCCCCCCCCCCC)cc2)C6=O)cc1. The first-order valence-corrected chi connectivity index (χ1v) is 27.5. The van der Waals surface area contributed by atoms with Crippen LogP contribution < -0.4 is 9.80 Å². The third-order valence-electron chi connectivity index (χ3n) is 14.9. The highest BCUT2D eigenvalue weighted by Crippen LogP contribution is 2.54. The van der Waals surface area contributed by atoms with Crippen molar-refractivity contribution in [3.05, 3.63) is 126 Å². The van der Waals surface area contributed by atoms with E-state index in [1.807, 2.05) is 48.5 Å². The van der Waals surface area contributed by atoms with Gasteiger partial charge in [-0.15, -0.1) is 0 Å². The third-order valence-corrected chi connectivity index (χ3v) is 16.1. The normalized spacial score (nSPS) is 13.7. The highest BCUT2D eigenvalue weighted by Gasteiger charge is 2.40. The van der Waals surface area contributed by atoms with E-state index in [9.17, 15) is 19.2 Å². The van der Waals surface area contributed by atoms with E-state index in [4.69, 9.17) is 46.4 Å². The van der Waals surface area contributed by atoms with Crippen LogP contribution in [-0.2, 0) is 12.8 Å². The number of hydrogen-bond donors (Lipinski definition) is 0. The summed E-state index contributed by atoms with van der Waals surface area (Å²) in [6, 6.07) is 21.6. The summed E-state index contributed by atoms with van der Waals surface area (Å²) < 4.78 is 0. The number of imide groups is 2. The monoisotopic (exact) mass is 1010 g/mol. The maximum Gasteiger partial charge on any atom is 0.266 e. The number of nitrogens with zero attached hydrogens (tertiary/aromatic N) is 2. The highest BCUT2D eigenvalue weighted by atomic mass is 35.5. The first-order valence-electron chi connectivity index (χ1n) is 26.0. The van der Waals surface area contributed by atoms with Gasteiger partial charge in [0, 0.05) is 63.2 Å². The van der Waals surface area contributed by atoms with Gasteiger partial charge in [0.05, 0.1) is 33.6 Å². The molecule has 0 radical (unpaired) electrons. The van der Waals surface area contributed by atoms with Crippen molar-refractivity contribution in [2.75, 3.05) is 9.80 Å². The average molecular weight is 1020 g/mol. The second-order valence-electron chi connectivity index (χ2n) is 19.7. The highest BCUT2D eigenvalue weighted by molar-refractivity contribution is 6.57. The van der Waals surface area contributed by atoms with Gasteiger partial charge in [-0.1, -0.05) is 200 Å². The Kier molecular flexibility index (Phi) is 16.0. The van der Waals surface area contributed by atoms with Crippen molar-refractivity contribution in [3.63, 3.8) is 0 Å². The first-order chi connectivity index (χ1) is 34.0. The van der Waals surface area contributed by atoms with Gasteiger partial charge in [-0.05, 0) is 85.3 Å². The molecular formula is C60H62Cl4N2O4. The molecule has 364 valence electrons. The van der Waals surface area contributed by atoms with Gasteiger partial charge in [-0.2, -0.15) is 0 Å². The molecule has 7 aromatic rings. The lowest BCUT2D eigenvalue weighted by Gasteiger charge is -2.31. The molecular weight excluding hydrogens is 954 g/mol. The molecule has 0 N–H and O–H groups in total. The van der Waals surface area contributed by atoms with Gasteiger partial charge in [0.15, 0.2) is 0 Å². The van der Waals surface area contributed by atoms with E-state index in [2.05, 4.69) is 13.8 Å². The zero-order chi connectivity index (χ0) is 49.1. The number of halogens is 4. The molecule has 0 aliphatic carbocycles. The van der Waals surface area contributed by atoms with Gasteiger partial charge >= 0.3 is 0 Å². The van der Waals surface area contributed by atoms with Crippen LogP contribution in [-0.4, -0.2) is 23.6 Å². The Labute approximate surface area is 432 Å². The third kappa shape index (κ3) is 9.67. The van der Waals surface area contributed by atoms with Crippen LogP contribution in [0.2, 0.25) is 20.1 Å². The topological polar surface area (TPSA) is 74.8 Å². The minimum absolute atomic E-state index is 0.198. The van der Waals surface area contributed by atoms with Crippen LogP contribution in [0.1, 0.15) is 195 Å². The molecule has 0 saturated heterocycles. The number of carbonyl (C=O) groups excluding carboxylic acids is 4. The van der Waals surface area contributed by atoms with Crippen molar-refractivity contribution >= 4 is 124 Å². The standard InChI is InChI=1S/C60H62Cl4N2O4/c1-3-5-7-9-11-13-15-17-19-21-23-37-25-29-39(30-26-37)65-57(67)41-33-45(61)51-53-47(63)35-43-50-44(36-48(64)54(56(50)53)52-46(62)34-42(58(65)68)49(41)55(51)52)60(70)66(59(43)69)40-31-27-38(28-32-40)24-22-20-18-16-14-12-10-8-6-4-2/h25-36H,3-24H2,1-2H3. The number of benzene rings is 7. The molecule has 0 bridgehead atoms. The largest absolute Gasteiger partial charge is 0.268 e. The van der Waals surface area contributed by atoms with Crippen LogP contribution in [0.15, 0.2) is 72.8 Å². The Bertz CT molecular complexity index is 2770. The number of aryl methyl sites for hydroxylation is 2. The molecule has 0 atom stereocenters. The summed E-state index contributed by atoms with van der Waals surface area (Å²) in [6.07, 6.45) is 27.2. The lowest BCUT2D eigenvalue weighted by atomic mass is 9.82. The smallest absolute Gasteiger partial charge is 0.266 e. The van der Waals surface area contributed by atoms with Crippen molar-refractivity contribution in [2.45, 2.75) is 155 Å². The number of rotatable bonds is 24. The van der Waals surface area contributed by atoms with Gasteiger partial charge in [0.1, 0.15) is 0 Å². The minimum Gasteiger partial charge on any atom is -0.268 e. The van der Waals surface area contributed by atoms with Crippen LogP contribution in [0, 0.1) is 0 Å². The van der Waals surface area contributed by atoms with Gasteiger partial charge in [-0.3, -0.25) is 19.2 Å². The molecule has 0 aromatic heterocycles. The Hall–Kier alpha value is -4.72. The van der Waals surface area contributed by atoms with E-state index in [1.165, 1.54) is 125 Å². The molecule has 0 saturated carbocycles. The van der Waals surface area contributed by atoms with Crippen molar-refractivity contribution in [1.29, 1.82) is 0 Å². The van der Waals surface area contributed by atoms with Crippen molar-refractivity contribution in [1.82, 2.24) is 0 Å². The van der Waals surface area contributed by atoms with E-state index in [1.54, 1.807) is 24.3 Å². The number of anilines is 2. The summed E-state index contributed by atoms with van der Waals surface area (Å²) in [7, 11) is 0. The maximum absolute atomic E-state index is 14.6. The molecule has 2 aliphatic rings. The van der Waals surface area contributed by atoms with Crippen molar-refractivity contribution in [2.24, 2.45) is 0 Å². The lowest BCUT2D eigenvalue weighted by molar-refractivity contribution is 0.0877. The predicted octanol–water partition coefficient (Wildman–Crippen LogP) is 18.9. The Morgan fingerprint density at radius 3 is 0.814 bits per heavy atom. The van der Waals surface area contributed by atoms with Gasteiger partial charge < -0.3 is 0 Å². The van der Waals surface area contributed by atoms with Crippen LogP contribution in [0.25, 0.3) is 43.1 Å². The molecule has 2 heterocycles. The quantitative estimate of drug-likeness (QED) is 0.0262. The number of carbonyl (C=O) groups is 4. The summed E-state index contributed by atoms with van der Waals surface area (Å²) >= 11 is 29.1. The number of unbranched alkanes of at least 4 members (excludes halogenated alkanes) is 18. The van der Waals surface area contributed by atoms with Gasteiger partial charge in [-0.25, -0.2) is 9.80 Å². The van der Waals surface area contributed by atoms with Crippen LogP contribution in [0.5, 0.6) is 0 Å². The van der Waals surface area contributed by atoms with E-state index in [-0.39, 0.29) is 42.3 Å². The zero-order valence-corrected chi connectivity index (χ0v) is 43.5. The zero-order valence-electron chi connectivity index (χ0n) is 40.5. The van der Waals surface area contributed by atoms with Crippen molar-refractivity contribution in [3.8, 4) is 0 Å². The van der Waals surface area contributed by atoms with E-state index in [0.29, 0.717) is 54.5 Å². The van der Waals surface area contributed by atoms with E-state index in [0.717, 1.165) is 36.8 Å². The maximum atomic E-state index is 14.6. The Morgan fingerprint density at radius 2 is 0.557 bits per heavy atom. The predicted molar refractivity (Wildman–Crippen MR) is 294 cm³/mol. The van der Waals surface area contributed by atoms with Gasteiger partial charge in [0.2, 0.25) is 0 Å². The Morgan fingerprint density at radius 1 is 0.314 bits per heavy atom. The number of fused-ring (bicyclic) bond motifs is 2. The molecule has 6 nitrogen and oxygen atoms in total. The summed E-state index contributed by atoms with van der Waals surface area (Å²) in [5.41, 5.74) is 4.16. The van der Waals surface area contributed by atoms with E-state index < -0.39 is 23.6 Å². The average Bonchev–Trinajstić information content (AvgIpc) is 3.35. The Balaban J connectivity index is 0.974. The van der Waals surface area contributed by atoms with E-state index >= 15 is 0 Å². The molecule has 2 aliphatic heterocycles. The van der Waals surface area contributed by atoms with Crippen LogP contribution in [0.4, 0.5) is 11.4 Å². The molecule has 7 aromatic carbocycles. The summed E-state index contributed by atoms with van der Waals surface area (Å²) in [4.78, 5) is 60.7. The van der Waals surface area contributed by atoms with Crippen LogP contribution in [0.3, 0.4) is 0 Å². The molecule has 0 fully saturated rings. The summed E-state index contributed by atoms with van der Waals surface area (Å²) in [5.74, 6) is -2.06.